The molecule has 0 amide bonds. The van der Waals surface area contributed by atoms with Crippen LogP contribution in [0.2, 0.25) is 0 Å². The molecular weight excluding hydrogens is 229 g/mol. The van der Waals surface area contributed by atoms with Gasteiger partial charge >= 0.3 is 6.18 Å². The zero-order valence-corrected chi connectivity index (χ0v) is 9.64. The maximum absolute atomic E-state index is 12.4. The van der Waals surface area contributed by atoms with E-state index in [4.69, 9.17) is 0 Å². The molecule has 1 nitrogen and oxygen atoms in total. The van der Waals surface area contributed by atoms with Crippen molar-refractivity contribution in [1.29, 1.82) is 0 Å². The number of hydrogen-bond acceptors (Lipinski definition) is 1. The highest BCUT2D eigenvalue weighted by Gasteiger charge is 2.39. The molecule has 17 heavy (non-hydrogen) atoms. The van der Waals surface area contributed by atoms with Crippen LogP contribution in [0.15, 0.2) is 18.2 Å². The topological polar surface area (TPSA) is 20.2 Å². The Bertz CT molecular complexity index is 419. The number of rotatable bonds is 3. The molecule has 0 radical (unpaired) electrons. The molecule has 1 aromatic carbocycles. The number of benzene rings is 1. The molecule has 0 heterocycles. The fourth-order valence-corrected chi connectivity index (χ4v) is 1.91. The van der Waals surface area contributed by atoms with E-state index in [1.54, 1.807) is 6.92 Å². The lowest BCUT2D eigenvalue weighted by molar-refractivity contribution is -0.137. The second kappa shape index (κ2) is 4.02. The molecule has 0 saturated heterocycles. The predicted molar refractivity (Wildman–Crippen MR) is 58.7 cm³/mol. The van der Waals surface area contributed by atoms with Crippen LogP contribution in [0.5, 0.6) is 0 Å². The maximum Gasteiger partial charge on any atom is 0.416 e. The van der Waals surface area contributed by atoms with Gasteiger partial charge in [-0.25, -0.2) is 0 Å². The standard InChI is InChI=1S/C13H15F3O/c1-9-8-11(13(14,15)16)3-2-10(9)4-5-12(17)6-7-12/h2-3,8,17H,4-7H2,1H3. The van der Waals surface area contributed by atoms with Crippen molar-refractivity contribution in [2.75, 3.05) is 0 Å². The van der Waals surface area contributed by atoms with Gasteiger partial charge in [-0.05, 0) is 55.9 Å². The molecule has 1 aliphatic carbocycles. The Morgan fingerprint density at radius 1 is 1.29 bits per heavy atom. The Hall–Kier alpha value is -1.03. The van der Waals surface area contributed by atoms with Crippen molar-refractivity contribution in [1.82, 2.24) is 0 Å². The van der Waals surface area contributed by atoms with Gasteiger partial charge in [-0.3, -0.25) is 0 Å². The molecule has 1 saturated carbocycles. The Morgan fingerprint density at radius 3 is 2.41 bits per heavy atom. The van der Waals surface area contributed by atoms with Gasteiger partial charge in [0.25, 0.3) is 0 Å². The predicted octanol–water partition coefficient (Wildman–Crippen LogP) is 3.47. The fourth-order valence-electron chi connectivity index (χ4n) is 1.91. The lowest BCUT2D eigenvalue weighted by Gasteiger charge is -2.12. The molecule has 2 rings (SSSR count). The molecule has 0 unspecified atom stereocenters. The summed E-state index contributed by atoms with van der Waals surface area (Å²) in [6.45, 7) is 1.68. The Morgan fingerprint density at radius 2 is 1.94 bits per heavy atom. The minimum absolute atomic E-state index is 0.546. The van der Waals surface area contributed by atoms with Crippen LogP contribution in [0, 0.1) is 6.92 Å². The second-order valence-electron chi connectivity index (χ2n) is 4.86. The molecule has 1 aliphatic rings. The smallest absolute Gasteiger partial charge is 0.390 e. The van der Waals surface area contributed by atoms with Crippen LogP contribution >= 0.6 is 0 Å². The van der Waals surface area contributed by atoms with Crippen LogP contribution in [0.25, 0.3) is 0 Å². The van der Waals surface area contributed by atoms with Crippen molar-refractivity contribution in [3.05, 3.63) is 34.9 Å². The van der Waals surface area contributed by atoms with Gasteiger partial charge in [-0.1, -0.05) is 6.07 Å². The van der Waals surface area contributed by atoms with Crippen molar-refractivity contribution in [2.24, 2.45) is 0 Å². The van der Waals surface area contributed by atoms with Gasteiger partial charge < -0.3 is 5.11 Å². The van der Waals surface area contributed by atoms with Crippen molar-refractivity contribution in [3.8, 4) is 0 Å². The van der Waals surface area contributed by atoms with Crippen LogP contribution < -0.4 is 0 Å². The molecule has 94 valence electrons. The summed E-state index contributed by atoms with van der Waals surface area (Å²) < 4.78 is 37.3. The maximum atomic E-state index is 12.4. The van der Waals surface area contributed by atoms with Crippen LogP contribution in [-0.2, 0) is 12.6 Å². The van der Waals surface area contributed by atoms with Crippen LogP contribution in [0.1, 0.15) is 36.0 Å². The highest BCUT2D eigenvalue weighted by molar-refractivity contribution is 5.32. The number of aryl methyl sites for hydroxylation is 2. The van der Waals surface area contributed by atoms with Gasteiger partial charge in [0.2, 0.25) is 0 Å². The van der Waals surface area contributed by atoms with E-state index in [0.29, 0.717) is 18.4 Å². The third-order valence-electron chi connectivity index (χ3n) is 3.36. The quantitative estimate of drug-likeness (QED) is 0.863. The zero-order valence-electron chi connectivity index (χ0n) is 9.64. The third-order valence-corrected chi connectivity index (χ3v) is 3.36. The first-order chi connectivity index (χ1) is 7.80. The van der Waals surface area contributed by atoms with E-state index in [9.17, 15) is 18.3 Å². The molecule has 0 aliphatic heterocycles. The number of hydrogen-bond donors (Lipinski definition) is 1. The average molecular weight is 244 g/mol. The van der Waals surface area contributed by atoms with E-state index in [-0.39, 0.29) is 0 Å². The van der Waals surface area contributed by atoms with E-state index in [1.165, 1.54) is 12.1 Å². The lowest BCUT2D eigenvalue weighted by atomic mass is 9.99. The molecule has 1 fully saturated rings. The molecule has 0 atom stereocenters. The Balaban J connectivity index is 2.09. The molecule has 1 aromatic rings. The minimum atomic E-state index is -4.28. The molecule has 1 N–H and O–H groups in total. The van der Waals surface area contributed by atoms with Crippen LogP contribution in [-0.4, -0.2) is 10.7 Å². The summed E-state index contributed by atoms with van der Waals surface area (Å²) in [5.41, 5.74) is 0.376. The van der Waals surface area contributed by atoms with E-state index in [1.807, 2.05) is 0 Å². The summed E-state index contributed by atoms with van der Waals surface area (Å²) in [5.74, 6) is 0. The first kappa shape index (κ1) is 12.4. The first-order valence-electron chi connectivity index (χ1n) is 5.69. The average Bonchev–Trinajstić information content (AvgIpc) is 2.94. The number of halogens is 3. The summed E-state index contributed by atoms with van der Waals surface area (Å²) in [6, 6.07) is 3.80. The zero-order chi connectivity index (χ0) is 12.7. The highest BCUT2D eigenvalue weighted by atomic mass is 19.4. The summed E-state index contributed by atoms with van der Waals surface area (Å²) in [5, 5.41) is 9.68. The van der Waals surface area contributed by atoms with Gasteiger partial charge in [0, 0.05) is 0 Å². The SMILES string of the molecule is Cc1cc(C(F)(F)F)ccc1CCC1(O)CC1. The van der Waals surface area contributed by atoms with E-state index >= 15 is 0 Å². The Labute approximate surface area is 98.3 Å². The molecule has 0 aromatic heterocycles. The van der Waals surface area contributed by atoms with Crippen molar-refractivity contribution in [3.63, 3.8) is 0 Å². The third kappa shape index (κ3) is 3.00. The van der Waals surface area contributed by atoms with Gasteiger partial charge in [0.15, 0.2) is 0 Å². The summed E-state index contributed by atoms with van der Waals surface area (Å²) in [7, 11) is 0. The summed E-state index contributed by atoms with van der Waals surface area (Å²) in [6.07, 6.45) is -1.38. The van der Waals surface area contributed by atoms with E-state index in [0.717, 1.165) is 24.5 Å². The molecule has 0 bridgehead atoms. The second-order valence-corrected chi connectivity index (χ2v) is 4.86. The van der Waals surface area contributed by atoms with Crippen molar-refractivity contribution in [2.45, 2.75) is 44.4 Å². The largest absolute Gasteiger partial charge is 0.416 e. The summed E-state index contributed by atoms with van der Waals surface area (Å²) >= 11 is 0. The number of alkyl halides is 3. The molecule has 4 heteroatoms. The van der Waals surface area contributed by atoms with Gasteiger partial charge in [0.1, 0.15) is 0 Å². The molecular formula is C13H15F3O. The highest BCUT2D eigenvalue weighted by Crippen LogP contribution is 2.39. The number of aliphatic hydroxyl groups is 1. The van der Waals surface area contributed by atoms with Gasteiger partial charge in [0.05, 0.1) is 11.2 Å². The minimum Gasteiger partial charge on any atom is -0.390 e. The van der Waals surface area contributed by atoms with Crippen molar-refractivity contribution < 1.29 is 18.3 Å². The fraction of sp³-hybridized carbons (Fsp3) is 0.538. The van der Waals surface area contributed by atoms with Gasteiger partial charge in [-0.2, -0.15) is 13.2 Å². The lowest BCUT2D eigenvalue weighted by Crippen LogP contribution is -2.09. The molecule has 0 spiro atoms. The van der Waals surface area contributed by atoms with E-state index < -0.39 is 17.3 Å². The van der Waals surface area contributed by atoms with Crippen molar-refractivity contribution >= 4 is 0 Å². The summed E-state index contributed by atoms with van der Waals surface area (Å²) in [4.78, 5) is 0. The first-order valence-corrected chi connectivity index (χ1v) is 5.69. The monoisotopic (exact) mass is 244 g/mol. The normalized spacial score (nSPS) is 18.2. The van der Waals surface area contributed by atoms with Crippen LogP contribution in [0.4, 0.5) is 13.2 Å². The van der Waals surface area contributed by atoms with E-state index in [2.05, 4.69) is 0 Å². The Kier molecular flexibility index (Phi) is 2.94. The van der Waals surface area contributed by atoms with Crippen LogP contribution in [0.3, 0.4) is 0 Å². The van der Waals surface area contributed by atoms with Gasteiger partial charge in [-0.15, -0.1) is 0 Å².